The smallest absolute Gasteiger partial charge is 0.416 e. The lowest BCUT2D eigenvalue weighted by Gasteiger charge is -2.33. The second kappa shape index (κ2) is 14.9. The van der Waals surface area contributed by atoms with Crippen molar-refractivity contribution in [2.24, 2.45) is 5.92 Å². The predicted octanol–water partition coefficient (Wildman–Crippen LogP) is 8.44. The molecule has 46 heavy (non-hydrogen) atoms. The van der Waals surface area contributed by atoms with Crippen molar-refractivity contribution >= 4 is 40.9 Å². The Bertz CT molecular complexity index is 1520. The summed E-state index contributed by atoms with van der Waals surface area (Å²) in [6, 6.07) is 14.1. The van der Waals surface area contributed by atoms with Crippen LogP contribution in [0.5, 0.6) is 11.5 Å². The van der Waals surface area contributed by atoms with Gasteiger partial charge in [0.15, 0.2) is 5.75 Å². The van der Waals surface area contributed by atoms with Crippen molar-refractivity contribution in [3.05, 3.63) is 86.9 Å². The predicted molar refractivity (Wildman–Crippen MR) is 172 cm³/mol. The number of alkyl carbamates (subject to hydrolysis) is 1. The molecule has 2 amide bonds. The first kappa shape index (κ1) is 35.2. The first-order chi connectivity index (χ1) is 21.6. The maximum Gasteiger partial charge on any atom is 0.416 e. The lowest BCUT2D eigenvalue weighted by atomic mass is 9.94. The number of rotatable bonds is 10. The molecule has 248 valence electrons. The molecule has 0 saturated heterocycles. The number of halogens is 5. The van der Waals surface area contributed by atoms with Crippen LogP contribution < -0.4 is 19.7 Å². The van der Waals surface area contributed by atoms with Gasteiger partial charge in [-0.2, -0.15) is 13.2 Å². The Kier molecular flexibility index (Phi) is 11.4. The van der Waals surface area contributed by atoms with E-state index in [2.05, 4.69) is 5.32 Å². The van der Waals surface area contributed by atoms with Crippen LogP contribution in [0.4, 0.5) is 23.7 Å². The molecule has 0 fully saturated rings. The molecule has 1 aliphatic heterocycles. The minimum Gasteiger partial charge on any atom is -0.490 e. The molecule has 1 aliphatic rings. The van der Waals surface area contributed by atoms with Gasteiger partial charge in [-0.3, -0.25) is 4.79 Å². The minimum absolute atomic E-state index is 0.0278. The number of benzene rings is 3. The summed E-state index contributed by atoms with van der Waals surface area (Å²) in [6.45, 7) is 7.84. The molecule has 0 aliphatic carbocycles. The van der Waals surface area contributed by atoms with Crippen molar-refractivity contribution in [1.29, 1.82) is 0 Å². The third kappa shape index (κ3) is 9.69. The van der Waals surface area contributed by atoms with E-state index in [-0.39, 0.29) is 32.1 Å². The van der Waals surface area contributed by atoms with E-state index < -0.39 is 29.4 Å². The molecule has 3 aromatic carbocycles. The van der Waals surface area contributed by atoms with E-state index in [0.29, 0.717) is 52.2 Å². The van der Waals surface area contributed by atoms with Crippen LogP contribution in [-0.2, 0) is 28.5 Å². The third-order valence-electron chi connectivity index (χ3n) is 7.18. The summed E-state index contributed by atoms with van der Waals surface area (Å²) in [5, 5.41) is 3.52. The Labute approximate surface area is 276 Å². The largest absolute Gasteiger partial charge is 0.490 e. The zero-order valence-electron chi connectivity index (χ0n) is 26.1. The molecule has 12 heteroatoms. The van der Waals surface area contributed by atoms with Gasteiger partial charge in [0.25, 0.3) is 0 Å². The van der Waals surface area contributed by atoms with Gasteiger partial charge in [0, 0.05) is 18.8 Å². The lowest BCUT2D eigenvalue weighted by Crippen LogP contribution is -2.45. The van der Waals surface area contributed by atoms with Gasteiger partial charge in [0.2, 0.25) is 5.91 Å². The summed E-state index contributed by atoms with van der Waals surface area (Å²) in [5.41, 5.74) is 1.15. The number of carbonyl (C=O) groups is 2. The Morgan fingerprint density at radius 2 is 1.61 bits per heavy atom. The average Bonchev–Trinajstić information content (AvgIpc) is 2.96. The molecule has 1 unspecified atom stereocenters. The Hall–Kier alpha value is -3.63. The average molecular weight is 682 g/mol. The molecule has 4 rings (SSSR count). The fraction of sp³-hybridized carbons (Fsp3) is 0.412. The first-order valence-corrected chi connectivity index (χ1v) is 15.6. The van der Waals surface area contributed by atoms with Crippen molar-refractivity contribution in [3.63, 3.8) is 0 Å². The van der Waals surface area contributed by atoms with Crippen molar-refractivity contribution < 1.29 is 37.0 Å². The third-order valence-corrected chi connectivity index (χ3v) is 7.74. The summed E-state index contributed by atoms with van der Waals surface area (Å²) >= 11 is 12.5. The molecule has 0 spiro atoms. The maximum atomic E-state index is 13.9. The zero-order chi connectivity index (χ0) is 33.6. The van der Waals surface area contributed by atoms with Gasteiger partial charge in [-0.25, -0.2) is 4.79 Å². The van der Waals surface area contributed by atoms with Crippen LogP contribution in [0.15, 0.2) is 54.6 Å². The number of hydrogen-bond donors (Lipinski definition) is 1. The van der Waals surface area contributed by atoms with Crippen LogP contribution in [0.25, 0.3) is 0 Å². The number of alkyl halides is 3. The highest BCUT2D eigenvalue weighted by Gasteiger charge is 2.34. The van der Waals surface area contributed by atoms with Crippen LogP contribution >= 0.6 is 23.2 Å². The van der Waals surface area contributed by atoms with Gasteiger partial charge in [-0.05, 0) is 106 Å². The van der Waals surface area contributed by atoms with E-state index in [4.69, 9.17) is 37.4 Å². The Morgan fingerprint density at radius 1 is 0.957 bits per heavy atom. The molecule has 0 saturated carbocycles. The van der Waals surface area contributed by atoms with Crippen molar-refractivity contribution in [1.82, 2.24) is 5.32 Å². The highest BCUT2D eigenvalue weighted by atomic mass is 35.5. The van der Waals surface area contributed by atoms with Crippen LogP contribution in [0.1, 0.15) is 49.4 Å². The molecule has 3 aromatic rings. The molecule has 1 heterocycles. The number of carbonyl (C=O) groups excluding carboxylic acids is 2. The zero-order valence-corrected chi connectivity index (χ0v) is 27.6. The van der Waals surface area contributed by atoms with E-state index in [9.17, 15) is 22.8 Å². The number of hydrogen-bond acceptors (Lipinski definition) is 5. The highest BCUT2D eigenvalue weighted by Crippen LogP contribution is 2.36. The normalized spacial score (nSPS) is 13.9. The monoisotopic (exact) mass is 680 g/mol. The number of aryl methyl sites for hydroxylation is 2. The summed E-state index contributed by atoms with van der Waals surface area (Å²) in [7, 11) is 0. The molecule has 0 radical (unpaired) electrons. The topological polar surface area (TPSA) is 77.1 Å². The molecule has 7 nitrogen and oxygen atoms in total. The molecule has 0 aromatic heterocycles. The second-order valence-corrected chi connectivity index (χ2v) is 12.9. The van der Waals surface area contributed by atoms with E-state index in [0.717, 1.165) is 23.3 Å². The van der Waals surface area contributed by atoms with Gasteiger partial charge >= 0.3 is 12.3 Å². The minimum atomic E-state index is -4.48. The van der Waals surface area contributed by atoms with Crippen molar-refractivity contribution in [3.8, 4) is 11.5 Å². The number of ether oxygens (including phenoxy) is 3. The summed E-state index contributed by atoms with van der Waals surface area (Å²) < 4.78 is 56.9. The molecular weight excluding hydrogens is 644 g/mol. The quantitative estimate of drug-likeness (QED) is 0.218. The van der Waals surface area contributed by atoms with Crippen molar-refractivity contribution in [2.75, 3.05) is 31.2 Å². The SMILES string of the molecule is Cc1cc(Cl)c(OCCOc2ccc(CC(CNC(=O)OC(C)(C)C)C(=O)N3CCCc4cc(C(F)(F)F)ccc43)cc2)c(Cl)c1. The fourth-order valence-corrected chi connectivity index (χ4v) is 5.83. The fourth-order valence-electron chi connectivity index (χ4n) is 5.12. The van der Waals surface area contributed by atoms with Gasteiger partial charge in [0.1, 0.15) is 24.6 Å². The Morgan fingerprint density at radius 3 is 2.24 bits per heavy atom. The van der Waals surface area contributed by atoms with Crippen LogP contribution in [0.3, 0.4) is 0 Å². The van der Waals surface area contributed by atoms with E-state index in [1.807, 2.05) is 19.1 Å². The molecular formula is C34H37Cl2F3N2O5. The summed E-state index contributed by atoms with van der Waals surface area (Å²) in [4.78, 5) is 27.9. The van der Waals surface area contributed by atoms with E-state index in [1.165, 1.54) is 11.0 Å². The molecule has 1 N–H and O–H groups in total. The van der Waals surface area contributed by atoms with Crippen molar-refractivity contribution in [2.45, 2.75) is 58.7 Å². The van der Waals surface area contributed by atoms with Gasteiger partial charge in [-0.15, -0.1) is 0 Å². The molecule has 0 bridgehead atoms. The summed E-state index contributed by atoms with van der Waals surface area (Å²) in [5.74, 6) is -0.0538. The second-order valence-electron chi connectivity index (χ2n) is 12.1. The number of anilines is 1. The summed E-state index contributed by atoms with van der Waals surface area (Å²) in [6.07, 6.45) is -3.94. The maximum absolute atomic E-state index is 13.9. The Balaban J connectivity index is 1.44. The van der Waals surface area contributed by atoms with E-state index >= 15 is 0 Å². The van der Waals surface area contributed by atoms with Crippen LogP contribution in [0, 0.1) is 12.8 Å². The van der Waals surface area contributed by atoms with Crippen LogP contribution in [-0.4, -0.2) is 43.9 Å². The number of amides is 2. The lowest BCUT2D eigenvalue weighted by molar-refractivity contribution is -0.137. The van der Waals surface area contributed by atoms with Gasteiger partial charge in [0.05, 0.1) is 21.5 Å². The highest BCUT2D eigenvalue weighted by molar-refractivity contribution is 6.37. The first-order valence-electron chi connectivity index (χ1n) is 14.9. The van der Waals surface area contributed by atoms with Gasteiger partial charge in [-0.1, -0.05) is 35.3 Å². The van der Waals surface area contributed by atoms with E-state index in [1.54, 1.807) is 45.0 Å². The number of nitrogens with zero attached hydrogens (tertiary/aromatic N) is 1. The number of nitrogens with one attached hydrogen (secondary N) is 1. The molecule has 1 atom stereocenters. The van der Waals surface area contributed by atoms with Gasteiger partial charge < -0.3 is 24.4 Å². The number of fused-ring (bicyclic) bond motifs is 1. The standard InChI is InChI=1S/C34H37Cl2F3N2O5/c1-21-16-27(35)30(28(36)17-21)45-15-14-44-26-10-7-22(8-11-26)18-24(20-40-32(43)46-33(2,3)4)31(42)41-13-5-6-23-19-25(34(37,38)39)9-12-29(23)41/h7-12,16-17,19,24H,5-6,13-15,18,20H2,1-4H3,(H,40,43). The van der Waals surface area contributed by atoms with Crippen LogP contribution in [0.2, 0.25) is 10.0 Å².